The SMILES string of the molecule is CCCCCCCCCCCCCCCCCC(COP(=O)(O)OCCCN(C)C)CC(C)=O. The molecule has 0 aromatic heterocycles. The van der Waals surface area contributed by atoms with Gasteiger partial charge in [0.05, 0.1) is 13.2 Å². The van der Waals surface area contributed by atoms with E-state index in [1.807, 2.05) is 19.0 Å². The summed E-state index contributed by atoms with van der Waals surface area (Å²) in [5.74, 6) is 0.0690. The van der Waals surface area contributed by atoms with E-state index >= 15 is 0 Å². The smallest absolute Gasteiger partial charge is 0.309 e. The molecule has 34 heavy (non-hydrogen) atoms. The van der Waals surface area contributed by atoms with Crippen LogP contribution in [0.2, 0.25) is 0 Å². The molecule has 0 saturated heterocycles. The van der Waals surface area contributed by atoms with Gasteiger partial charge >= 0.3 is 7.82 Å². The maximum Gasteiger partial charge on any atom is 0.472 e. The van der Waals surface area contributed by atoms with Crippen molar-refractivity contribution in [1.82, 2.24) is 4.90 Å². The highest BCUT2D eigenvalue weighted by Crippen LogP contribution is 2.44. The van der Waals surface area contributed by atoms with Gasteiger partial charge in [0.15, 0.2) is 0 Å². The Morgan fingerprint density at radius 3 is 1.71 bits per heavy atom. The number of nitrogens with zero attached hydrogens (tertiary/aromatic N) is 1. The van der Waals surface area contributed by atoms with Gasteiger partial charge in [0, 0.05) is 6.42 Å². The van der Waals surface area contributed by atoms with E-state index in [1.54, 1.807) is 6.92 Å². The average Bonchev–Trinajstić information content (AvgIpc) is 2.77. The molecule has 0 aliphatic carbocycles. The summed E-state index contributed by atoms with van der Waals surface area (Å²) in [6, 6.07) is 0. The van der Waals surface area contributed by atoms with Gasteiger partial charge in [-0.05, 0) is 46.3 Å². The molecule has 0 amide bonds. The molecule has 0 spiro atoms. The Hall–Kier alpha value is -0.260. The second kappa shape index (κ2) is 23.2. The minimum Gasteiger partial charge on any atom is -0.309 e. The highest BCUT2D eigenvalue weighted by Gasteiger charge is 2.23. The van der Waals surface area contributed by atoms with E-state index in [2.05, 4.69) is 6.92 Å². The highest BCUT2D eigenvalue weighted by atomic mass is 31.2. The van der Waals surface area contributed by atoms with Crippen LogP contribution in [-0.2, 0) is 18.4 Å². The fourth-order valence-electron chi connectivity index (χ4n) is 4.25. The Kier molecular flexibility index (Phi) is 23.0. The molecular formula is C27H56NO5P. The molecule has 0 bridgehead atoms. The van der Waals surface area contributed by atoms with Gasteiger partial charge in [0.25, 0.3) is 0 Å². The fourth-order valence-corrected chi connectivity index (χ4v) is 5.09. The maximum atomic E-state index is 12.1. The third-order valence-corrected chi connectivity index (χ3v) is 7.25. The quantitative estimate of drug-likeness (QED) is 0.0950. The van der Waals surface area contributed by atoms with Gasteiger partial charge in [-0.25, -0.2) is 4.57 Å². The van der Waals surface area contributed by atoms with E-state index in [-0.39, 0.29) is 24.9 Å². The molecule has 0 fully saturated rings. The number of phosphoric ester groups is 1. The molecule has 6 nitrogen and oxygen atoms in total. The third-order valence-electron chi connectivity index (χ3n) is 6.27. The number of unbranched alkanes of at least 4 members (excludes halogenated alkanes) is 14. The van der Waals surface area contributed by atoms with Crippen LogP contribution in [0.1, 0.15) is 129 Å². The molecular weight excluding hydrogens is 449 g/mol. The van der Waals surface area contributed by atoms with Crippen molar-refractivity contribution >= 4 is 13.6 Å². The van der Waals surface area contributed by atoms with Crippen molar-refractivity contribution in [1.29, 1.82) is 0 Å². The molecule has 0 aromatic rings. The molecule has 2 atom stereocenters. The zero-order chi connectivity index (χ0) is 25.5. The van der Waals surface area contributed by atoms with E-state index in [4.69, 9.17) is 9.05 Å². The Bertz CT molecular complexity index is 515. The number of phosphoric acid groups is 1. The van der Waals surface area contributed by atoms with Gasteiger partial charge in [-0.3, -0.25) is 9.05 Å². The summed E-state index contributed by atoms with van der Waals surface area (Å²) < 4.78 is 22.3. The molecule has 2 unspecified atom stereocenters. The van der Waals surface area contributed by atoms with Gasteiger partial charge < -0.3 is 14.6 Å². The van der Waals surface area contributed by atoms with E-state index in [1.165, 1.54) is 83.5 Å². The summed E-state index contributed by atoms with van der Waals surface area (Å²) in [7, 11) is -0.167. The van der Waals surface area contributed by atoms with Crippen LogP contribution in [0.15, 0.2) is 0 Å². The Balaban J connectivity index is 3.77. The molecule has 7 heteroatoms. The summed E-state index contributed by atoms with van der Waals surface area (Å²) >= 11 is 0. The zero-order valence-electron chi connectivity index (χ0n) is 22.9. The minimum absolute atomic E-state index is 0.0228. The van der Waals surface area contributed by atoms with Crippen molar-refractivity contribution in [2.24, 2.45) is 5.92 Å². The lowest BCUT2D eigenvalue weighted by atomic mass is 9.96. The Morgan fingerprint density at radius 2 is 1.26 bits per heavy atom. The minimum atomic E-state index is -4.05. The normalized spacial score (nSPS) is 14.4. The van der Waals surface area contributed by atoms with Crippen LogP contribution >= 0.6 is 7.82 Å². The summed E-state index contributed by atoms with van der Waals surface area (Å²) in [6.07, 6.45) is 21.7. The summed E-state index contributed by atoms with van der Waals surface area (Å²) in [5, 5.41) is 0. The molecule has 0 aromatic carbocycles. The lowest BCUT2D eigenvalue weighted by Crippen LogP contribution is -2.15. The average molecular weight is 506 g/mol. The first kappa shape index (κ1) is 33.7. The van der Waals surface area contributed by atoms with Gasteiger partial charge in [-0.2, -0.15) is 0 Å². The molecule has 0 rings (SSSR count). The first-order valence-corrected chi connectivity index (χ1v) is 15.5. The largest absolute Gasteiger partial charge is 0.472 e. The molecule has 1 N–H and O–H groups in total. The van der Waals surface area contributed by atoms with Crippen LogP contribution in [0.3, 0.4) is 0 Å². The van der Waals surface area contributed by atoms with E-state index in [9.17, 15) is 14.3 Å². The topological polar surface area (TPSA) is 76.1 Å². The van der Waals surface area contributed by atoms with Gasteiger partial charge in [0.2, 0.25) is 0 Å². The number of Topliss-reactive ketones (excluding diaryl/α,β-unsaturated/α-hetero) is 1. The Morgan fingerprint density at radius 1 is 0.794 bits per heavy atom. The number of carbonyl (C=O) groups excluding carboxylic acids is 1. The molecule has 0 heterocycles. The lowest BCUT2D eigenvalue weighted by Gasteiger charge is -2.18. The van der Waals surface area contributed by atoms with Crippen LogP contribution in [0.5, 0.6) is 0 Å². The van der Waals surface area contributed by atoms with Crippen LogP contribution in [0.4, 0.5) is 0 Å². The van der Waals surface area contributed by atoms with Gasteiger partial charge in [0.1, 0.15) is 5.78 Å². The molecule has 204 valence electrons. The monoisotopic (exact) mass is 505 g/mol. The number of ketones is 1. The first-order chi connectivity index (χ1) is 16.3. The van der Waals surface area contributed by atoms with Crippen LogP contribution in [0.25, 0.3) is 0 Å². The zero-order valence-corrected chi connectivity index (χ0v) is 23.8. The number of hydrogen-bond acceptors (Lipinski definition) is 5. The predicted octanol–water partition coefficient (Wildman–Crippen LogP) is 7.93. The second-order valence-corrected chi connectivity index (χ2v) is 11.7. The van der Waals surface area contributed by atoms with Crippen molar-refractivity contribution in [3.05, 3.63) is 0 Å². The molecule has 0 radical (unpaired) electrons. The third kappa shape index (κ3) is 24.9. The summed E-state index contributed by atoms with van der Waals surface area (Å²) in [5.41, 5.74) is 0. The summed E-state index contributed by atoms with van der Waals surface area (Å²) in [4.78, 5) is 23.5. The van der Waals surface area contributed by atoms with Gasteiger partial charge in [-0.15, -0.1) is 0 Å². The molecule has 0 saturated carbocycles. The fraction of sp³-hybridized carbons (Fsp3) is 0.963. The summed E-state index contributed by atoms with van der Waals surface area (Å²) in [6.45, 7) is 4.90. The van der Waals surface area contributed by atoms with Crippen molar-refractivity contribution in [3.8, 4) is 0 Å². The number of hydrogen-bond donors (Lipinski definition) is 1. The number of rotatable bonds is 26. The van der Waals surface area contributed by atoms with Crippen LogP contribution in [-0.4, -0.2) is 49.4 Å². The van der Waals surface area contributed by atoms with E-state index in [0.717, 1.165) is 25.8 Å². The van der Waals surface area contributed by atoms with E-state index < -0.39 is 7.82 Å². The van der Waals surface area contributed by atoms with Crippen molar-refractivity contribution in [2.75, 3.05) is 33.9 Å². The van der Waals surface area contributed by atoms with Crippen molar-refractivity contribution in [3.63, 3.8) is 0 Å². The van der Waals surface area contributed by atoms with E-state index in [0.29, 0.717) is 12.8 Å². The number of carbonyl (C=O) groups is 1. The molecule has 0 aliphatic rings. The first-order valence-electron chi connectivity index (χ1n) is 14.0. The molecule has 0 aliphatic heterocycles. The van der Waals surface area contributed by atoms with Crippen molar-refractivity contribution < 1.29 is 23.3 Å². The maximum absolute atomic E-state index is 12.1. The Labute approximate surface area is 211 Å². The second-order valence-electron chi connectivity index (χ2n) is 10.3. The van der Waals surface area contributed by atoms with Crippen molar-refractivity contribution in [2.45, 2.75) is 129 Å². The van der Waals surface area contributed by atoms with Gasteiger partial charge in [-0.1, -0.05) is 103 Å². The highest BCUT2D eigenvalue weighted by molar-refractivity contribution is 7.47. The lowest BCUT2D eigenvalue weighted by molar-refractivity contribution is -0.118. The standard InChI is InChI=1S/C27H56NO5P/c1-5-6-7-8-9-10-11-12-13-14-15-16-17-18-19-21-27(24-26(2)29)25-33-34(30,31)32-23-20-22-28(3)4/h27H,5-25H2,1-4H3,(H,30,31). The van der Waals surface area contributed by atoms with Crippen LogP contribution < -0.4 is 0 Å². The predicted molar refractivity (Wildman–Crippen MR) is 143 cm³/mol. The van der Waals surface area contributed by atoms with Crippen LogP contribution in [0, 0.1) is 5.92 Å².